The highest BCUT2D eigenvalue weighted by Gasteiger charge is 2.38. The molecular weight excluding hydrogens is 1010 g/mol. The van der Waals surface area contributed by atoms with Gasteiger partial charge in [0.05, 0.1) is 22.1 Å². The third-order valence-electron chi connectivity index (χ3n) is 18.1. The van der Waals surface area contributed by atoms with E-state index in [9.17, 15) is 0 Å². The molecule has 8 bridgehead atoms. The van der Waals surface area contributed by atoms with Crippen molar-refractivity contribution in [2.24, 2.45) is 0 Å². The first-order valence-electron chi connectivity index (χ1n) is 28.5. The molecule has 11 aromatic carbocycles. The van der Waals surface area contributed by atoms with E-state index >= 15 is 0 Å². The van der Waals surface area contributed by atoms with Crippen molar-refractivity contribution in [1.82, 2.24) is 24.1 Å². The molecule has 15 aromatic rings. The summed E-state index contributed by atoms with van der Waals surface area (Å²) in [4.78, 5) is 16.2. The van der Waals surface area contributed by atoms with E-state index < -0.39 is 0 Å². The van der Waals surface area contributed by atoms with Crippen molar-refractivity contribution in [1.29, 1.82) is 0 Å². The third-order valence-corrected chi connectivity index (χ3v) is 18.1. The number of hydrogen-bond acceptors (Lipinski definition) is 5. The molecule has 7 heteroatoms. The van der Waals surface area contributed by atoms with Crippen molar-refractivity contribution in [2.75, 3.05) is 0 Å². The molecule has 0 fully saturated rings. The Morgan fingerprint density at radius 1 is 0.410 bits per heavy atom. The number of aromatic nitrogens is 5. The molecule has 386 valence electrons. The summed E-state index contributed by atoms with van der Waals surface area (Å²) in [6, 6.07) is 83.4. The fourth-order valence-corrected chi connectivity index (χ4v) is 14.5. The summed E-state index contributed by atoms with van der Waals surface area (Å²) < 4.78 is 18.9. The maximum Gasteiger partial charge on any atom is 0.164 e. The zero-order valence-electron chi connectivity index (χ0n) is 44.6. The first-order chi connectivity index (χ1) is 41.1. The lowest BCUT2D eigenvalue weighted by Crippen LogP contribution is -2.17. The van der Waals surface area contributed by atoms with Gasteiger partial charge in [0.25, 0.3) is 0 Å². The van der Waals surface area contributed by atoms with Crippen molar-refractivity contribution in [3.63, 3.8) is 0 Å². The average molecular weight is 1060 g/mol. The van der Waals surface area contributed by atoms with Crippen molar-refractivity contribution < 1.29 is 9.15 Å². The number of furan rings is 1. The van der Waals surface area contributed by atoms with Crippen LogP contribution in [0.2, 0.25) is 0 Å². The minimum Gasteiger partial charge on any atom is -0.485 e. The lowest BCUT2D eigenvalue weighted by Gasteiger charge is -2.22. The number of nitrogens with zero attached hydrogens (tertiary/aromatic N) is 5. The maximum atomic E-state index is 7.25. The van der Waals surface area contributed by atoms with E-state index in [1.807, 2.05) is 18.2 Å². The quantitative estimate of drug-likeness (QED) is 0.176. The Hall–Kier alpha value is -10.9. The largest absolute Gasteiger partial charge is 0.485 e. The average Bonchev–Trinajstić information content (AvgIpc) is 4.14. The van der Waals surface area contributed by atoms with Gasteiger partial charge in [-0.1, -0.05) is 152 Å². The van der Waals surface area contributed by atoms with Crippen LogP contribution in [0.4, 0.5) is 0 Å². The highest BCUT2D eigenvalue weighted by atomic mass is 16.5. The topological polar surface area (TPSA) is 70.9 Å². The minimum atomic E-state index is -0.192. The first-order valence-corrected chi connectivity index (χ1v) is 28.5. The van der Waals surface area contributed by atoms with E-state index in [-0.39, 0.29) is 12.0 Å². The van der Waals surface area contributed by atoms with Crippen molar-refractivity contribution in [3.05, 3.63) is 271 Å². The van der Waals surface area contributed by atoms with E-state index in [1.165, 1.54) is 66.0 Å². The van der Waals surface area contributed by atoms with Crippen LogP contribution in [-0.2, 0) is 6.42 Å². The van der Waals surface area contributed by atoms with Crippen molar-refractivity contribution in [3.8, 4) is 84.7 Å². The van der Waals surface area contributed by atoms with Gasteiger partial charge < -0.3 is 18.3 Å². The second-order valence-electron chi connectivity index (χ2n) is 22.5. The Balaban J connectivity index is 0.903. The molecule has 19 rings (SSSR count). The Labute approximate surface area is 476 Å². The van der Waals surface area contributed by atoms with Gasteiger partial charge in [-0.25, -0.2) is 15.0 Å². The van der Waals surface area contributed by atoms with Crippen LogP contribution in [0.3, 0.4) is 0 Å². The van der Waals surface area contributed by atoms with E-state index in [1.54, 1.807) is 0 Å². The Morgan fingerprint density at radius 3 is 1.86 bits per heavy atom. The number of benzene rings is 11. The molecule has 0 saturated heterocycles. The van der Waals surface area contributed by atoms with Gasteiger partial charge in [0, 0.05) is 77.9 Å². The molecule has 6 heterocycles. The van der Waals surface area contributed by atoms with Crippen LogP contribution in [0, 0.1) is 0 Å². The summed E-state index contributed by atoms with van der Waals surface area (Å²) in [5, 5.41) is 6.95. The van der Waals surface area contributed by atoms with Crippen molar-refractivity contribution in [2.45, 2.75) is 18.4 Å². The van der Waals surface area contributed by atoms with E-state index in [0.29, 0.717) is 17.5 Å². The molecule has 0 radical (unpaired) electrons. The molecule has 0 amide bonds. The molecular formula is C76H45N5O2. The molecule has 83 heavy (non-hydrogen) atoms. The fraction of sp³-hybridized carbons (Fsp3) is 0.0395. The number of rotatable bonds is 4. The second kappa shape index (κ2) is 16.8. The summed E-state index contributed by atoms with van der Waals surface area (Å²) in [5.74, 6) is 2.49. The van der Waals surface area contributed by atoms with E-state index in [4.69, 9.17) is 24.1 Å². The fourth-order valence-electron chi connectivity index (χ4n) is 14.5. The molecule has 7 nitrogen and oxygen atoms in total. The lowest BCUT2D eigenvalue weighted by molar-refractivity contribution is 0.269. The zero-order chi connectivity index (χ0) is 54.0. The predicted molar refractivity (Wildman–Crippen MR) is 335 cm³/mol. The van der Waals surface area contributed by atoms with Gasteiger partial charge in [0.2, 0.25) is 0 Å². The molecule has 4 aliphatic rings. The number of ether oxygens (including phenoxy) is 1. The van der Waals surface area contributed by atoms with Crippen LogP contribution in [-0.4, -0.2) is 30.2 Å². The molecule has 4 aromatic heterocycles. The molecule has 0 saturated carbocycles. The van der Waals surface area contributed by atoms with Gasteiger partial charge >= 0.3 is 0 Å². The van der Waals surface area contributed by atoms with Crippen LogP contribution < -0.4 is 4.74 Å². The predicted octanol–water partition coefficient (Wildman–Crippen LogP) is 18.7. The Bertz CT molecular complexity index is 5360. The zero-order valence-corrected chi connectivity index (χ0v) is 44.6. The normalized spacial score (nSPS) is 15.3. The molecule has 2 aliphatic carbocycles. The molecule has 2 aliphatic heterocycles. The SMILES string of the molecule is C1=CC2Oc3cccc4c3C2C=C1c1cc(-c2ccc3c(c2)c2ccccc2n3-c2ccccc2)c2c(c1)-c1c(cccc1-c1cc(cc3oc5cc(-n6c7ccccc7c7ccccc76)ccc5c13)-c1nc(-c3ccccc3)nc-4n1)C2. The summed E-state index contributed by atoms with van der Waals surface area (Å²) in [6.07, 6.45) is 7.52. The Morgan fingerprint density at radius 2 is 1.06 bits per heavy atom. The summed E-state index contributed by atoms with van der Waals surface area (Å²) in [6.45, 7) is 0. The monoisotopic (exact) mass is 1060 g/mol. The summed E-state index contributed by atoms with van der Waals surface area (Å²) in [5.41, 5.74) is 24.1. The Kier molecular flexibility index (Phi) is 9.11. The van der Waals surface area contributed by atoms with Crippen LogP contribution >= 0.6 is 0 Å². The number of hydrogen-bond donors (Lipinski definition) is 0. The van der Waals surface area contributed by atoms with Crippen LogP contribution in [0.25, 0.3) is 150 Å². The number of allylic oxidation sites excluding steroid dienone is 2. The van der Waals surface area contributed by atoms with Crippen LogP contribution in [0.5, 0.6) is 5.75 Å². The first kappa shape index (κ1) is 44.9. The third kappa shape index (κ3) is 6.47. The lowest BCUT2D eigenvalue weighted by atomic mass is 9.82. The van der Waals surface area contributed by atoms with Crippen LogP contribution in [0.1, 0.15) is 28.2 Å². The highest BCUT2D eigenvalue weighted by Crippen LogP contribution is 2.53. The molecule has 2 atom stereocenters. The second-order valence-corrected chi connectivity index (χ2v) is 22.5. The molecule has 2 unspecified atom stereocenters. The maximum absolute atomic E-state index is 7.25. The van der Waals surface area contributed by atoms with Gasteiger partial charge in [-0.3, -0.25) is 0 Å². The van der Waals surface area contributed by atoms with Gasteiger partial charge in [0.15, 0.2) is 17.5 Å². The van der Waals surface area contributed by atoms with Gasteiger partial charge in [-0.15, -0.1) is 0 Å². The van der Waals surface area contributed by atoms with Gasteiger partial charge in [-0.05, 0) is 153 Å². The van der Waals surface area contributed by atoms with Gasteiger partial charge in [-0.2, -0.15) is 0 Å². The molecule has 0 N–H and O–H groups in total. The minimum absolute atomic E-state index is 0.0968. The van der Waals surface area contributed by atoms with Crippen molar-refractivity contribution >= 4 is 71.1 Å². The van der Waals surface area contributed by atoms with E-state index in [0.717, 1.165) is 101 Å². The van der Waals surface area contributed by atoms with E-state index in [2.05, 4.69) is 240 Å². The molecule has 0 spiro atoms. The summed E-state index contributed by atoms with van der Waals surface area (Å²) >= 11 is 0. The summed E-state index contributed by atoms with van der Waals surface area (Å²) in [7, 11) is 0. The number of para-hydroxylation sites is 4. The highest BCUT2D eigenvalue weighted by molar-refractivity contribution is 6.17. The van der Waals surface area contributed by atoms with Gasteiger partial charge in [0.1, 0.15) is 23.0 Å². The number of fused-ring (bicyclic) bond motifs is 19. The van der Waals surface area contributed by atoms with Crippen LogP contribution in [0.15, 0.2) is 253 Å². The smallest absolute Gasteiger partial charge is 0.164 e. The standard InChI is InChI=1S/C76H45N5O2/c1-3-15-43(16-4-1)74-77-75-48-40-60(72-55-32-31-50(42-69(55)83-70(72)41-48)81-63-25-10-7-20-51(63)52-21-8-11-26-64(52)81)54-23-13-17-46-37-58-57(45-29-33-66-59(36-45)53-22-9-12-27-65(53)80(66)49-18-5-2-6-19-49)38-47(39-61(58)71(46)54)44-30-34-67-62(35-44)73-56(76(78-74)79-75)24-14-28-68(73)82-67/h1-36,38-42,62,67H,37H2.